The molecule has 0 aliphatic carbocycles. The van der Waals surface area contributed by atoms with E-state index in [1.54, 1.807) is 0 Å². The highest BCUT2D eigenvalue weighted by molar-refractivity contribution is 7.81. The van der Waals surface area contributed by atoms with Gasteiger partial charge in [-0.3, -0.25) is 0 Å². The first-order chi connectivity index (χ1) is 6.77. The van der Waals surface area contributed by atoms with Crippen LogP contribution in [0.4, 0.5) is 0 Å². The molecule has 0 radical (unpaired) electrons. The van der Waals surface area contributed by atoms with Gasteiger partial charge < -0.3 is 4.98 Å². The van der Waals surface area contributed by atoms with Crippen LogP contribution in [0.5, 0.6) is 0 Å². The molecule has 0 aliphatic heterocycles. The Morgan fingerprint density at radius 2 is 1.86 bits per heavy atom. The molecule has 0 atom stereocenters. The first kappa shape index (κ1) is 9.16. The molecule has 0 bridgehead atoms. The minimum Gasteiger partial charge on any atom is -0.360 e. The van der Waals surface area contributed by atoms with Crippen LogP contribution in [0.15, 0.2) is 42.6 Å². The SMILES string of the molecule is Cc1ccc(C(=S)c2ccc[nH]2)cc1. The number of aryl methyl sites for hydroxylation is 1. The van der Waals surface area contributed by atoms with Crippen molar-refractivity contribution in [2.45, 2.75) is 6.92 Å². The van der Waals surface area contributed by atoms with Gasteiger partial charge in [-0.05, 0) is 24.6 Å². The van der Waals surface area contributed by atoms with Gasteiger partial charge >= 0.3 is 0 Å². The van der Waals surface area contributed by atoms with E-state index >= 15 is 0 Å². The van der Waals surface area contributed by atoms with Crippen molar-refractivity contribution in [3.63, 3.8) is 0 Å². The van der Waals surface area contributed by atoms with Gasteiger partial charge in [-0.2, -0.15) is 0 Å². The summed E-state index contributed by atoms with van der Waals surface area (Å²) >= 11 is 5.35. The normalized spacial score (nSPS) is 10.1. The van der Waals surface area contributed by atoms with Crippen molar-refractivity contribution in [1.82, 2.24) is 4.98 Å². The zero-order valence-corrected chi connectivity index (χ0v) is 8.77. The van der Waals surface area contributed by atoms with E-state index in [1.165, 1.54) is 5.56 Å². The summed E-state index contributed by atoms with van der Waals surface area (Å²) in [5.74, 6) is 0. The number of aromatic nitrogens is 1. The number of benzene rings is 1. The molecule has 14 heavy (non-hydrogen) atoms. The lowest BCUT2D eigenvalue weighted by Crippen LogP contribution is -1.99. The molecule has 0 fully saturated rings. The number of thiocarbonyl (C=S) groups is 1. The first-order valence-electron chi connectivity index (χ1n) is 4.52. The van der Waals surface area contributed by atoms with Crippen molar-refractivity contribution >= 4 is 17.1 Å². The Balaban J connectivity index is 2.33. The summed E-state index contributed by atoms with van der Waals surface area (Å²) in [5.41, 5.74) is 3.35. The summed E-state index contributed by atoms with van der Waals surface area (Å²) in [6.07, 6.45) is 1.88. The van der Waals surface area contributed by atoms with Crippen LogP contribution >= 0.6 is 12.2 Å². The zero-order valence-electron chi connectivity index (χ0n) is 7.95. The van der Waals surface area contributed by atoms with Crippen LogP contribution in [0.3, 0.4) is 0 Å². The standard InChI is InChI=1S/C12H11NS/c1-9-4-6-10(7-5-9)12(14)11-3-2-8-13-11/h2-8,13H,1H3. The van der Waals surface area contributed by atoms with Crippen LogP contribution in [0.25, 0.3) is 0 Å². The molecule has 2 aromatic rings. The lowest BCUT2D eigenvalue weighted by Gasteiger charge is -2.01. The van der Waals surface area contributed by atoms with Gasteiger partial charge in [-0.25, -0.2) is 0 Å². The lowest BCUT2D eigenvalue weighted by molar-refractivity contribution is 1.38. The number of hydrogen-bond acceptors (Lipinski definition) is 1. The molecule has 0 saturated heterocycles. The minimum atomic E-state index is 0.870. The molecule has 0 unspecified atom stereocenters. The van der Waals surface area contributed by atoms with Crippen molar-refractivity contribution in [3.8, 4) is 0 Å². The molecule has 1 heterocycles. The van der Waals surface area contributed by atoms with Crippen LogP contribution in [0, 0.1) is 6.92 Å². The topological polar surface area (TPSA) is 15.8 Å². The largest absolute Gasteiger partial charge is 0.360 e. The van der Waals surface area contributed by atoms with E-state index in [0.717, 1.165) is 16.1 Å². The van der Waals surface area contributed by atoms with Gasteiger partial charge in [-0.15, -0.1) is 0 Å². The summed E-state index contributed by atoms with van der Waals surface area (Å²) in [7, 11) is 0. The predicted octanol–water partition coefficient (Wildman–Crippen LogP) is 3.09. The van der Waals surface area contributed by atoms with Crippen molar-refractivity contribution < 1.29 is 0 Å². The van der Waals surface area contributed by atoms with Gasteiger partial charge in [0.15, 0.2) is 0 Å². The molecule has 0 spiro atoms. The lowest BCUT2D eigenvalue weighted by atomic mass is 10.1. The second kappa shape index (κ2) is 3.76. The van der Waals surface area contributed by atoms with E-state index in [1.807, 2.05) is 18.3 Å². The molecular weight excluding hydrogens is 190 g/mol. The van der Waals surface area contributed by atoms with Gasteiger partial charge in [-0.1, -0.05) is 42.0 Å². The molecule has 2 rings (SSSR count). The summed E-state index contributed by atoms with van der Waals surface area (Å²) < 4.78 is 0. The number of rotatable bonds is 2. The Morgan fingerprint density at radius 1 is 1.14 bits per heavy atom. The van der Waals surface area contributed by atoms with Gasteiger partial charge in [0.25, 0.3) is 0 Å². The molecule has 2 heteroatoms. The quantitative estimate of drug-likeness (QED) is 0.583. The van der Waals surface area contributed by atoms with Crippen molar-refractivity contribution in [3.05, 3.63) is 59.4 Å². The Bertz CT molecular complexity index is 426. The highest BCUT2D eigenvalue weighted by Crippen LogP contribution is 2.10. The van der Waals surface area contributed by atoms with Crippen LogP contribution in [0.2, 0.25) is 0 Å². The van der Waals surface area contributed by atoms with Crippen LogP contribution in [0.1, 0.15) is 16.8 Å². The van der Waals surface area contributed by atoms with E-state index in [-0.39, 0.29) is 0 Å². The third-order valence-electron chi connectivity index (χ3n) is 2.16. The Kier molecular flexibility index (Phi) is 2.46. The molecule has 0 amide bonds. The van der Waals surface area contributed by atoms with E-state index in [9.17, 15) is 0 Å². The second-order valence-corrected chi connectivity index (χ2v) is 3.69. The highest BCUT2D eigenvalue weighted by atomic mass is 32.1. The maximum Gasteiger partial charge on any atom is 0.0684 e. The molecular formula is C12H11NS. The first-order valence-corrected chi connectivity index (χ1v) is 4.93. The summed E-state index contributed by atoms with van der Waals surface area (Å²) in [5, 5.41) is 0. The van der Waals surface area contributed by atoms with Crippen LogP contribution in [-0.4, -0.2) is 9.85 Å². The van der Waals surface area contributed by atoms with Gasteiger partial charge in [0, 0.05) is 6.20 Å². The number of nitrogens with one attached hydrogen (secondary N) is 1. The van der Waals surface area contributed by atoms with E-state index in [4.69, 9.17) is 12.2 Å². The number of H-pyrrole nitrogens is 1. The third-order valence-corrected chi connectivity index (χ3v) is 2.61. The molecule has 0 saturated carbocycles. The predicted molar refractivity (Wildman–Crippen MR) is 62.8 cm³/mol. The maximum absolute atomic E-state index is 5.35. The Labute approximate surface area is 88.8 Å². The average Bonchev–Trinajstić information content (AvgIpc) is 2.71. The van der Waals surface area contributed by atoms with E-state index in [2.05, 4.69) is 36.2 Å². The van der Waals surface area contributed by atoms with Crippen LogP contribution < -0.4 is 0 Å². The highest BCUT2D eigenvalue weighted by Gasteiger charge is 2.03. The summed E-state index contributed by atoms with van der Waals surface area (Å²) in [4.78, 5) is 3.98. The number of hydrogen-bond donors (Lipinski definition) is 1. The summed E-state index contributed by atoms with van der Waals surface area (Å²) in [6.45, 7) is 2.07. The van der Waals surface area contributed by atoms with Crippen molar-refractivity contribution in [2.75, 3.05) is 0 Å². The van der Waals surface area contributed by atoms with Gasteiger partial charge in [0.1, 0.15) is 0 Å². The molecule has 1 N–H and O–H groups in total. The smallest absolute Gasteiger partial charge is 0.0684 e. The van der Waals surface area contributed by atoms with Gasteiger partial charge in [0.2, 0.25) is 0 Å². The maximum atomic E-state index is 5.35. The zero-order chi connectivity index (χ0) is 9.97. The molecule has 1 aromatic carbocycles. The molecule has 0 aliphatic rings. The monoisotopic (exact) mass is 201 g/mol. The molecule has 1 aromatic heterocycles. The fourth-order valence-corrected chi connectivity index (χ4v) is 1.60. The van der Waals surface area contributed by atoms with Crippen molar-refractivity contribution in [1.29, 1.82) is 0 Å². The molecule has 70 valence electrons. The number of aromatic amines is 1. The minimum absolute atomic E-state index is 0.870. The third kappa shape index (κ3) is 1.75. The fourth-order valence-electron chi connectivity index (χ4n) is 1.33. The Hall–Kier alpha value is -1.41. The van der Waals surface area contributed by atoms with E-state index in [0.29, 0.717) is 0 Å². The van der Waals surface area contributed by atoms with E-state index < -0.39 is 0 Å². The summed E-state index contributed by atoms with van der Waals surface area (Å²) in [6, 6.07) is 12.2. The molecule has 1 nitrogen and oxygen atoms in total. The Morgan fingerprint density at radius 3 is 2.43 bits per heavy atom. The fraction of sp³-hybridized carbons (Fsp3) is 0.0833. The van der Waals surface area contributed by atoms with Crippen molar-refractivity contribution in [2.24, 2.45) is 0 Å². The van der Waals surface area contributed by atoms with Crippen LogP contribution in [-0.2, 0) is 0 Å². The average molecular weight is 201 g/mol. The van der Waals surface area contributed by atoms with Gasteiger partial charge in [0.05, 0.1) is 10.6 Å². The second-order valence-electron chi connectivity index (χ2n) is 3.28.